The molecule has 3 aromatic carbocycles. The molecule has 0 bridgehead atoms. The van der Waals surface area contributed by atoms with E-state index in [4.69, 9.17) is 9.72 Å². The first-order chi connectivity index (χ1) is 20.6. The molecule has 43 heavy (non-hydrogen) atoms. The second kappa shape index (κ2) is 11.3. The van der Waals surface area contributed by atoms with Gasteiger partial charge in [0.1, 0.15) is 18.3 Å². The lowest BCUT2D eigenvalue weighted by molar-refractivity contribution is -0.151. The fourth-order valence-electron chi connectivity index (χ4n) is 5.51. The third kappa shape index (κ3) is 5.79. The van der Waals surface area contributed by atoms with Crippen molar-refractivity contribution in [1.82, 2.24) is 24.6 Å². The first-order valence-corrected chi connectivity index (χ1v) is 14.9. The number of nitrogens with zero attached hydrogens (tertiary/aromatic N) is 4. The summed E-state index contributed by atoms with van der Waals surface area (Å²) in [7, 11) is 0. The average molecular weight is 643 g/mol. The number of carboxylic acid groups (broad SMARTS) is 1. The van der Waals surface area contributed by atoms with Gasteiger partial charge in [0.25, 0.3) is 0 Å². The largest absolute Gasteiger partial charge is 0.465 e. The number of imidazole rings is 1. The van der Waals surface area contributed by atoms with E-state index in [1.54, 1.807) is 0 Å². The van der Waals surface area contributed by atoms with Crippen LogP contribution in [-0.4, -0.2) is 47.9 Å². The molecule has 3 heterocycles. The highest BCUT2D eigenvalue weighted by Crippen LogP contribution is 2.34. The zero-order valence-corrected chi connectivity index (χ0v) is 25.8. The fourth-order valence-corrected chi connectivity index (χ4v) is 5.87. The number of aromatic amines is 1. The summed E-state index contributed by atoms with van der Waals surface area (Å²) in [5, 5.41) is 18.8. The van der Waals surface area contributed by atoms with Gasteiger partial charge in [0, 0.05) is 22.8 Å². The Labute approximate surface area is 257 Å². The molecule has 10 heteroatoms. The van der Waals surface area contributed by atoms with Gasteiger partial charge in [0.05, 0.1) is 23.4 Å². The zero-order valence-electron chi connectivity index (χ0n) is 24.2. The molecule has 1 aliphatic rings. The van der Waals surface area contributed by atoms with Crippen LogP contribution in [-0.2, 0) is 41.1 Å². The Hall–Kier alpha value is -4.44. The molecule has 1 unspecified atom stereocenters. The standard InChI is InChI=1S/C33H32BrN5O4/c1-33(2,3)22-11-7-10-21(14-22)17-38-28-18-39(32(41)42)27(31(40)43-19-20-8-5-4-6-9-20)16-26(28)35-30(38)29-24-13-12-23(34)15-25(24)36-37-29/h4-15,27H,16-19H2,1-3H3,(H,36,37)(H,41,42). The molecule has 0 spiro atoms. The summed E-state index contributed by atoms with van der Waals surface area (Å²) in [5.41, 5.74) is 5.96. The van der Waals surface area contributed by atoms with Crippen LogP contribution in [0.5, 0.6) is 0 Å². The van der Waals surface area contributed by atoms with Crippen LogP contribution in [0, 0.1) is 0 Å². The van der Waals surface area contributed by atoms with Gasteiger partial charge in [-0.25, -0.2) is 14.6 Å². The highest BCUT2D eigenvalue weighted by molar-refractivity contribution is 9.10. The Bertz CT molecular complexity index is 1820. The number of nitrogens with one attached hydrogen (secondary N) is 1. The molecule has 5 aromatic rings. The van der Waals surface area contributed by atoms with Gasteiger partial charge in [-0.05, 0) is 40.3 Å². The summed E-state index contributed by atoms with van der Waals surface area (Å²) in [4.78, 5) is 31.9. The maximum atomic E-state index is 13.3. The molecule has 1 aliphatic heterocycles. The predicted octanol–water partition coefficient (Wildman–Crippen LogP) is 6.68. The molecule has 0 saturated heterocycles. The van der Waals surface area contributed by atoms with Crippen LogP contribution < -0.4 is 0 Å². The van der Waals surface area contributed by atoms with Crippen molar-refractivity contribution >= 4 is 38.9 Å². The smallest absolute Gasteiger partial charge is 0.408 e. The molecule has 0 aliphatic carbocycles. The average Bonchev–Trinajstić information content (AvgIpc) is 3.55. The Balaban J connectivity index is 1.41. The third-order valence-electron chi connectivity index (χ3n) is 7.85. The van der Waals surface area contributed by atoms with Crippen molar-refractivity contribution in [2.75, 3.05) is 0 Å². The quantitative estimate of drug-likeness (QED) is 0.200. The molecular formula is C33H32BrN5O4. The van der Waals surface area contributed by atoms with Gasteiger partial charge in [0.2, 0.25) is 0 Å². The van der Waals surface area contributed by atoms with Crippen molar-refractivity contribution in [3.63, 3.8) is 0 Å². The van der Waals surface area contributed by atoms with Crippen LogP contribution in [0.4, 0.5) is 4.79 Å². The van der Waals surface area contributed by atoms with E-state index in [0.717, 1.165) is 37.1 Å². The van der Waals surface area contributed by atoms with Crippen molar-refractivity contribution in [3.8, 4) is 11.5 Å². The topological polar surface area (TPSA) is 113 Å². The number of benzene rings is 3. The second-order valence-electron chi connectivity index (χ2n) is 11.9. The highest BCUT2D eigenvalue weighted by atomic mass is 79.9. The number of H-pyrrole nitrogens is 1. The van der Waals surface area contributed by atoms with Crippen LogP contribution in [0.15, 0.2) is 77.3 Å². The van der Waals surface area contributed by atoms with Crippen LogP contribution >= 0.6 is 15.9 Å². The number of rotatable bonds is 6. The number of amides is 1. The van der Waals surface area contributed by atoms with E-state index < -0.39 is 18.1 Å². The number of esters is 1. The number of aromatic nitrogens is 4. The van der Waals surface area contributed by atoms with Gasteiger partial charge in [0.15, 0.2) is 5.82 Å². The number of ether oxygens (including phenoxy) is 1. The lowest BCUT2D eigenvalue weighted by atomic mass is 9.86. The summed E-state index contributed by atoms with van der Waals surface area (Å²) in [6, 6.07) is 22.6. The maximum Gasteiger partial charge on any atom is 0.408 e. The number of carbonyl (C=O) groups is 2. The van der Waals surface area contributed by atoms with Gasteiger partial charge < -0.3 is 14.4 Å². The number of carbonyl (C=O) groups excluding carboxylic acids is 1. The Morgan fingerprint density at radius 3 is 2.56 bits per heavy atom. The second-order valence-corrected chi connectivity index (χ2v) is 12.8. The molecule has 220 valence electrons. The van der Waals surface area contributed by atoms with Crippen LogP contribution in [0.2, 0.25) is 0 Å². The molecule has 0 fully saturated rings. The molecular weight excluding hydrogens is 610 g/mol. The van der Waals surface area contributed by atoms with E-state index in [1.165, 1.54) is 5.56 Å². The van der Waals surface area contributed by atoms with Gasteiger partial charge in [-0.15, -0.1) is 0 Å². The number of hydrogen-bond acceptors (Lipinski definition) is 5. The van der Waals surface area contributed by atoms with Crippen molar-refractivity contribution < 1.29 is 19.4 Å². The van der Waals surface area contributed by atoms with Crippen molar-refractivity contribution in [2.45, 2.75) is 58.3 Å². The molecule has 6 rings (SSSR count). The molecule has 1 amide bonds. The minimum atomic E-state index is -1.19. The summed E-state index contributed by atoms with van der Waals surface area (Å²) in [6.45, 7) is 7.04. The normalized spacial score (nSPS) is 15.0. The van der Waals surface area contributed by atoms with Gasteiger partial charge >= 0.3 is 12.1 Å². The summed E-state index contributed by atoms with van der Waals surface area (Å²) < 4.78 is 8.54. The van der Waals surface area contributed by atoms with E-state index in [1.807, 2.05) is 59.2 Å². The number of fused-ring (bicyclic) bond motifs is 2. The SMILES string of the molecule is CC(C)(C)c1cccc(Cn2c(-c3n[nH]c4cc(Br)ccc34)nc3c2CN(C(=O)O)C(C(=O)OCc2ccccc2)C3)c1. The van der Waals surface area contributed by atoms with Crippen LogP contribution in [0.1, 0.15) is 48.8 Å². The van der Waals surface area contributed by atoms with Gasteiger partial charge in [-0.2, -0.15) is 5.10 Å². The Morgan fingerprint density at radius 2 is 1.81 bits per heavy atom. The molecule has 0 radical (unpaired) electrons. The minimum absolute atomic E-state index is 0.00433. The highest BCUT2D eigenvalue weighted by Gasteiger charge is 2.39. The van der Waals surface area contributed by atoms with E-state index in [0.29, 0.717) is 23.8 Å². The van der Waals surface area contributed by atoms with E-state index in [2.05, 4.69) is 65.1 Å². The Kier molecular flexibility index (Phi) is 7.56. The number of hydrogen-bond donors (Lipinski definition) is 2. The zero-order chi connectivity index (χ0) is 30.3. The van der Waals surface area contributed by atoms with E-state index in [9.17, 15) is 14.7 Å². The summed E-state index contributed by atoms with van der Waals surface area (Å²) in [5.74, 6) is 0.0179. The molecule has 0 saturated carbocycles. The number of halogens is 1. The van der Waals surface area contributed by atoms with Gasteiger partial charge in [-0.1, -0.05) is 91.3 Å². The first-order valence-electron chi connectivity index (χ1n) is 14.1. The van der Waals surface area contributed by atoms with Crippen LogP contribution in [0.3, 0.4) is 0 Å². The van der Waals surface area contributed by atoms with Crippen molar-refractivity contribution in [1.29, 1.82) is 0 Å². The van der Waals surface area contributed by atoms with E-state index >= 15 is 0 Å². The molecule has 2 aromatic heterocycles. The van der Waals surface area contributed by atoms with Crippen LogP contribution in [0.25, 0.3) is 22.4 Å². The minimum Gasteiger partial charge on any atom is -0.465 e. The van der Waals surface area contributed by atoms with Crippen molar-refractivity contribution in [3.05, 3.63) is 105 Å². The summed E-state index contributed by atoms with van der Waals surface area (Å²) >= 11 is 3.52. The molecule has 1 atom stereocenters. The molecule has 9 nitrogen and oxygen atoms in total. The third-order valence-corrected chi connectivity index (χ3v) is 8.34. The Morgan fingerprint density at radius 1 is 1.05 bits per heavy atom. The van der Waals surface area contributed by atoms with Gasteiger partial charge in [-0.3, -0.25) is 10.00 Å². The van der Waals surface area contributed by atoms with Crippen molar-refractivity contribution in [2.24, 2.45) is 0 Å². The van der Waals surface area contributed by atoms with E-state index in [-0.39, 0.29) is 25.0 Å². The molecule has 2 N–H and O–H groups in total. The lowest BCUT2D eigenvalue weighted by Crippen LogP contribution is -2.49. The lowest BCUT2D eigenvalue weighted by Gasteiger charge is -2.32. The first kappa shape index (κ1) is 28.7. The predicted molar refractivity (Wildman–Crippen MR) is 167 cm³/mol. The maximum absolute atomic E-state index is 13.3. The summed E-state index contributed by atoms with van der Waals surface area (Å²) in [6.07, 6.45) is -1.09. The monoisotopic (exact) mass is 641 g/mol. The fraction of sp³-hybridized carbons (Fsp3) is 0.273.